The molecular formula is C12H9ClN2O. The van der Waals surface area contributed by atoms with Gasteiger partial charge in [0.05, 0.1) is 0 Å². The fourth-order valence-electron chi connectivity index (χ4n) is 1.39. The largest absolute Gasteiger partial charge is 0.410 e. The summed E-state index contributed by atoms with van der Waals surface area (Å²) in [5.41, 5.74) is 2.02. The molecule has 2 rings (SSSR count). The van der Waals surface area contributed by atoms with E-state index in [4.69, 9.17) is 16.8 Å². The number of nitrogens with zero attached hydrogens (tertiary/aromatic N) is 2. The van der Waals surface area contributed by atoms with Crippen molar-refractivity contribution in [3.05, 3.63) is 64.9 Å². The Morgan fingerprint density at radius 2 is 1.88 bits per heavy atom. The molecule has 0 aliphatic carbocycles. The molecule has 1 heterocycles. The number of hydrogen-bond donors (Lipinski definition) is 1. The molecular weight excluding hydrogens is 224 g/mol. The van der Waals surface area contributed by atoms with Crippen molar-refractivity contribution in [3.63, 3.8) is 0 Å². The highest BCUT2D eigenvalue weighted by Crippen LogP contribution is 2.13. The Kier molecular flexibility index (Phi) is 3.17. The molecule has 0 radical (unpaired) electrons. The number of halogens is 1. The van der Waals surface area contributed by atoms with Crippen molar-refractivity contribution >= 4 is 17.3 Å². The van der Waals surface area contributed by atoms with Crippen molar-refractivity contribution in [2.75, 3.05) is 0 Å². The maximum absolute atomic E-state index is 9.03. The molecule has 0 fully saturated rings. The van der Waals surface area contributed by atoms with E-state index in [-0.39, 0.29) is 0 Å². The number of pyridine rings is 1. The van der Waals surface area contributed by atoms with Crippen LogP contribution < -0.4 is 0 Å². The fraction of sp³-hybridized carbons (Fsp3) is 0. The quantitative estimate of drug-likeness (QED) is 0.492. The molecule has 80 valence electrons. The van der Waals surface area contributed by atoms with Crippen molar-refractivity contribution in [1.82, 2.24) is 4.98 Å². The monoisotopic (exact) mass is 232 g/mol. The summed E-state index contributed by atoms with van der Waals surface area (Å²) in [4.78, 5) is 3.98. The van der Waals surface area contributed by atoms with Crippen molar-refractivity contribution in [2.24, 2.45) is 5.16 Å². The van der Waals surface area contributed by atoms with Crippen LogP contribution in [0.2, 0.25) is 5.02 Å². The van der Waals surface area contributed by atoms with Gasteiger partial charge in [0.25, 0.3) is 0 Å². The number of hydrogen-bond acceptors (Lipinski definition) is 3. The third kappa shape index (κ3) is 2.20. The molecule has 0 spiro atoms. The average Bonchev–Trinajstić information content (AvgIpc) is 2.34. The third-order valence-electron chi connectivity index (χ3n) is 2.15. The minimum Gasteiger partial charge on any atom is -0.410 e. The summed E-state index contributed by atoms with van der Waals surface area (Å²) >= 11 is 5.79. The van der Waals surface area contributed by atoms with Gasteiger partial charge >= 0.3 is 0 Å². The predicted octanol–water partition coefficient (Wildman–Crippen LogP) is 2.96. The molecule has 0 unspecified atom stereocenters. The van der Waals surface area contributed by atoms with Crippen LogP contribution in [0.4, 0.5) is 0 Å². The van der Waals surface area contributed by atoms with Crippen LogP contribution in [0.5, 0.6) is 0 Å². The lowest BCUT2D eigenvalue weighted by atomic mass is 10.0. The van der Waals surface area contributed by atoms with Crippen molar-refractivity contribution in [1.29, 1.82) is 0 Å². The van der Waals surface area contributed by atoms with E-state index in [2.05, 4.69) is 10.1 Å². The maximum Gasteiger partial charge on any atom is 0.118 e. The number of rotatable bonds is 2. The van der Waals surface area contributed by atoms with Gasteiger partial charge in [0.1, 0.15) is 5.71 Å². The van der Waals surface area contributed by atoms with Gasteiger partial charge in [-0.2, -0.15) is 0 Å². The van der Waals surface area contributed by atoms with E-state index in [0.717, 1.165) is 11.1 Å². The van der Waals surface area contributed by atoms with Crippen LogP contribution in [0.15, 0.2) is 53.9 Å². The average molecular weight is 233 g/mol. The van der Waals surface area contributed by atoms with Gasteiger partial charge < -0.3 is 5.21 Å². The van der Waals surface area contributed by atoms with E-state index in [9.17, 15) is 0 Å². The normalized spacial score (nSPS) is 11.4. The molecule has 4 heteroatoms. The van der Waals surface area contributed by atoms with Crippen LogP contribution in [-0.2, 0) is 0 Å². The Morgan fingerprint density at radius 1 is 1.12 bits per heavy atom. The Balaban J connectivity index is 2.42. The van der Waals surface area contributed by atoms with Gasteiger partial charge in [-0.3, -0.25) is 4.98 Å². The van der Waals surface area contributed by atoms with Gasteiger partial charge in [-0.15, -0.1) is 0 Å². The first-order chi connectivity index (χ1) is 7.81. The molecule has 3 nitrogen and oxygen atoms in total. The maximum atomic E-state index is 9.03. The smallest absolute Gasteiger partial charge is 0.118 e. The number of aromatic nitrogens is 1. The van der Waals surface area contributed by atoms with Crippen molar-refractivity contribution in [3.8, 4) is 0 Å². The zero-order valence-electron chi connectivity index (χ0n) is 8.34. The summed E-state index contributed by atoms with van der Waals surface area (Å²) in [5, 5.41) is 13.0. The zero-order valence-corrected chi connectivity index (χ0v) is 9.09. The lowest BCUT2D eigenvalue weighted by Crippen LogP contribution is -2.03. The van der Waals surface area contributed by atoms with Gasteiger partial charge in [-0.25, -0.2) is 0 Å². The SMILES string of the molecule is ON=C(c1ccc(Cl)cc1)c1cccnc1. The third-order valence-corrected chi connectivity index (χ3v) is 2.40. The predicted molar refractivity (Wildman–Crippen MR) is 63.1 cm³/mol. The van der Waals surface area contributed by atoms with E-state index in [1.165, 1.54) is 0 Å². The summed E-state index contributed by atoms with van der Waals surface area (Å²) in [6.45, 7) is 0. The van der Waals surface area contributed by atoms with Crippen LogP contribution in [-0.4, -0.2) is 15.9 Å². The first-order valence-corrected chi connectivity index (χ1v) is 5.07. The van der Waals surface area contributed by atoms with E-state index in [1.54, 1.807) is 42.7 Å². The second-order valence-electron chi connectivity index (χ2n) is 3.20. The van der Waals surface area contributed by atoms with Crippen LogP contribution in [0.3, 0.4) is 0 Å². The molecule has 0 aliphatic heterocycles. The minimum atomic E-state index is 0.477. The van der Waals surface area contributed by atoms with Crippen molar-refractivity contribution in [2.45, 2.75) is 0 Å². The van der Waals surface area contributed by atoms with Gasteiger partial charge in [0.15, 0.2) is 0 Å². The molecule has 0 saturated carbocycles. The first kappa shape index (κ1) is 10.6. The molecule has 0 amide bonds. The molecule has 2 aromatic rings. The van der Waals surface area contributed by atoms with E-state index < -0.39 is 0 Å². The summed E-state index contributed by atoms with van der Waals surface area (Å²) in [6.07, 6.45) is 3.31. The van der Waals surface area contributed by atoms with Crippen molar-refractivity contribution < 1.29 is 5.21 Å². The van der Waals surface area contributed by atoms with E-state index >= 15 is 0 Å². The molecule has 1 N–H and O–H groups in total. The molecule has 0 aliphatic rings. The molecule has 0 saturated heterocycles. The van der Waals surface area contributed by atoms with Crippen LogP contribution in [0.1, 0.15) is 11.1 Å². The Morgan fingerprint density at radius 3 is 2.44 bits per heavy atom. The lowest BCUT2D eigenvalue weighted by molar-refractivity contribution is 0.319. The fourth-order valence-corrected chi connectivity index (χ4v) is 1.52. The molecule has 0 atom stereocenters. The highest BCUT2D eigenvalue weighted by Gasteiger charge is 2.07. The topological polar surface area (TPSA) is 45.5 Å². The summed E-state index contributed by atoms with van der Waals surface area (Å²) < 4.78 is 0. The molecule has 1 aromatic carbocycles. The Bertz CT molecular complexity index is 494. The number of benzene rings is 1. The zero-order chi connectivity index (χ0) is 11.4. The van der Waals surface area contributed by atoms with Crippen LogP contribution in [0.25, 0.3) is 0 Å². The highest BCUT2D eigenvalue weighted by atomic mass is 35.5. The summed E-state index contributed by atoms with van der Waals surface area (Å²) in [7, 11) is 0. The lowest BCUT2D eigenvalue weighted by Gasteiger charge is -2.03. The van der Waals surface area contributed by atoms with Crippen LogP contribution in [0, 0.1) is 0 Å². The number of oxime groups is 1. The van der Waals surface area contributed by atoms with E-state index in [0.29, 0.717) is 10.7 Å². The molecule has 16 heavy (non-hydrogen) atoms. The van der Waals surface area contributed by atoms with E-state index in [1.807, 2.05) is 6.07 Å². The Labute approximate surface area is 98.0 Å². The highest BCUT2D eigenvalue weighted by molar-refractivity contribution is 6.30. The Hall–Kier alpha value is -1.87. The minimum absolute atomic E-state index is 0.477. The molecule has 0 bridgehead atoms. The van der Waals surface area contributed by atoms with Gasteiger partial charge in [0.2, 0.25) is 0 Å². The first-order valence-electron chi connectivity index (χ1n) is 4.69. The summed E-state index contributed by atoms with van der Waals surface area (Å²) in [5.74, 6) is 0. The standard InChI is InChI=1S/C12H9ClN2O/c13-11-5-3-9(4-6-11)12(15-16)10-2-1-7-14-8-10/h1-8,16H. The van der Waals surface area contributed by atoms with Gasteiger partial charge in [-0.05, 0) is 24.3 Å². The van der Waals surface area contributed by atoms with Gasteiger partial charge in [0, 0.05) is 28.5 Å². The van der Waals surface area contributed by atoms with Crippen LogP contribution >= 0.6 is 11.6 Å². The van der Waals surface area contributed by atoms with Gasteiger partial charge in [-0.1, -0.05) is 28.9 Å². The summed E-state index contributed by atoms with van der Waals surface area (Å²) in [6, 6.07) is 10.7. The second kappa shape index (κ2) is 4.77. The second-order valence-corrected chi connectivity index (χ2v) is 3.63. The molecule has 1 aromatic heterocycles.